The second kappa shape index (κ2) is 8.67. The molecule has 0 aromatic heterocycles. The Balaban J connectivity index is 1.70. The van der Waals surface area contributed by atoms with E-state index in [0.717, 1.165) is 17.5 Å². The van der Waals surface area contributed by atoms with Crippen molar-refractivity contribution in [2.24, 2.45) is 5.41 Å². The SMILES string of the molecule is CCc1ccc(S(=O)(=O)N2CCC[C@](C)(C(=O)NCc3ccc(C)cc3)C2)cc1. The Hall–Kier alpha value is -2.18. The number of aryl methyl sites for hydroxylation is 2. The van der Waals surface area contributed by atoms with E-state index in [0.29, 0.717) is 30.8 Å². The summed E-state index contributed by atoms with van der Waals surface area (Å²) in [6, 6.07) is 15.1. The van der Waals surface area contributed by atoms with Crippen LogP contribution >= 0.6 is 0 Å². The topological polar surface area (TPSA) is 66.5 Å². The van der Waals surface area contributed by atoms with Gasteiger partial charge in [0.15, 0.2) is 0 Å². The highest BCUT2D eigenvalue weighted by atomic mass is 32.2. The average molecular weight is 415 g/mol. The first kappa shape index (κ1) is 21.5. The quantitative estimate of drug-likeness (QED) is 0.784. The Morgan fingerprint density at radius 3 is 2.31 bits per heavy atom. The van der Waals surface area contributed by atoms with E-state index in [2.05, 4.69) is 5.32 Å². The Morgan fingerprint density at radius 2 is 1.69 bits per heavy atom. The molecule has 2 aromatic carbocycles. The summed E-state index contributed by atoms with van der Waals surface area (Å²) in [6.07, 6.45) is 2.21. The Kier molecular flexibility index (Phi) is 6.44. The molecule has 1 atom stereocenters. The lowest BCUT2D eigenvalue weighted by molar-refractivity contribution is -0.132. The average Bonchev–Trinajstić information content (AvgIpc) is 2.73. The van der Waals surface area contributed by atoms with E-state index in [-0.39, 0.29) is 12.5 Å². The van der Waals surface area contributed by atoms with Crippen LogP contribution in [0.25, 0.3) is 0 Å². The van der Waals surface area contributed by atoms with Crippen LogP contribution in [0.1, 0.15) is 43.4 Å². The summed E-state index contributed by atoms with van der Waals surface area (Å²) in [7, 11) is -3.61. The van der Waals surface area contributed by atoms with Crippen molar-refractivity contribution in [3.63, 3.8) is 0 Å². The molecule has 1 fully saturated rings. The fourth-order valence-electron chi connectivity index (χ4n) is 3.73. The standard InChI is InChI=1S/C23H30N2O3S/c1-4-19-10-12-21(13-11-19)29(27,28)25-15-5-14-23(3,17-25)22(26)24-16-20-8-6-18(2)7-9-20/h6-13H,4-5,14-17H2,1-3H3,(H,24,26)/t23-/m0/s1. The molecule has 0 radical (unpaired) electrons. The minimum Gasteiger partial charge on any atom is -0.352 e. The van der Waals surface area contributed by atoms with Crippen molar-refractivity contribution in [1.29, 1.82) is 0 Å². The molecular formula is C23H30N2O3S. The number of nitrogens with zero attached hydrogens (tertiary/aromatic N) is 1. The number of sulfonamides is 1. The maximum atomic E-state index is 13.1. The number of benzene rings is 2. The van der Waals surface area contributed by atoms with Crippen molar-refractivity contribution in [3.8, 4) is 0 Å². The van der Waals surface area contributed by atoms with Gasteiger partial charge in [0, 0.05) is 19.6 Å². The van der Waals surface area contributed by atoms with Gasteiger partial charge >= 0.3 is 0 Å². The van der Waals surface area contributed by atoms with Crippen molar-refractivity contribution in [2.75, 3.05) is 13.1 Å². The highest BCUT2D eigenvalue weighted by molar-refractivity contribution is 7.89. The molecular weight excluding hydrogens is 384 g/mol. The third-order valence-corrected chi connectivity index (χ3v) is 7.61. The molecule has 0 bridgehead atoms. The lowest BCUT2D eigenvalue weighted by Gasteiger charge is -2.38. The smallest absolute Gasteiger partial charge is 0.243 e. The molecule has 5 nitrogen and oxygen atoms in total. The molecule has 1 aliphatic rings. The van der Waals surface area contributed by atoms with Crippen LogP contribution in [0, 0.1) is 12.3 Å². The monoisotopic (exact) mass is 414 g/mol. The first-order valence-electron chi connectivity index (χ1n) is 10.2. The lowest BCUT2D eigenvalue weighted by Crippen LogP contribution is -2.51. The fraction of sp³-hybridized carbons (Fsp3) is 0.435. The van der Waals surface area contributed by atoms with E-state index in [4.69, 9.17) is 0 Å². The minimum atomic E-state index is -3.61. The predicted molar refractivity (Wildman–Crippen MR) is 115 cm³/mol. The normalized spacial score (nSPS) is 20.4. The summed E-state index contributed by atoms with van der Waals surface area (Å²) in [4.78, 5) is 13.2. The van der Waals surface area contributed by atoms with Gasteiger partial charge in [0.25, 0.3) is 0 Å². The van der Waals surface area contributed by atoms with Gasteiger partial charge in [0.05, 0.1) is 10.3 Å². The van der Waals surface area contributed by atoms with Crippen molar-refractivity contribution in [1.82, 2.24) is 9.62 Å². The number of hydrogen-bond donors (Lipinski definition) is 1. The molecule has 1 amide bonds. The number of rotatable bonds is 6. The predicted octanol–water partition coefficient (Wildman–Crippen LogP) is 3.66. The molecule has 156 valence electrons. The van der Waals surface area contributed by atoms with Gasteiger partial charge < -0.3 is 5.32 Å². The maximum absolute atomic E-state index is 13.1. The van der Waals surface area contributed by atoms with E-state index < -0.39 is 15.4 Å². The third kappa shape index (κ3) is 4.87. The molecule has 29 heavy (non-hydrogen) atoms. The number of hydrogen-bond acceptors (Lipinski definition) is 3. The number of piperidine rings is 1. The molecule has 1 saturated heterocycles. The van der Waals surface area contributed by atoms with Crippen molar-refractivity contribution in [2.45, 2.75) is 51.5 Å². The van der Waals surface area contributed by atoms with E-state index in [1.54, 1.807) is 12.1 Å². The summed E-state index contributed by atoms with van der Waals surface area (Å²) >= 11 is 0. The van der Waals surface area contributed by atoms with Crippen LogP contribution < -0.4 is 5.32 Å². The largest absolute Gasteiger partial charge is 0.352 e. The number of amides is 1. The molecule has 3 rings (SSSR count). The van der Waals surface area contributed by atoms with E-state index in [1.165, 1.54) is 9.87 Å². The first-order chi connectivity index (χ1) is 13.7. The number of carbonyl (C=O) groups excluding carboxylic acids is 1. The zero-order valence-electron chi connectivity index (χ0n) is 17.4. The summed E-state index contributed by atoms with van der Waals surface area (Å²) < 4.78 is 27.7. The highest BCUT2D eigenvalue weighted by Crippen LogP contribution is 2.33. The zero-order valence-corrected chi connectivity index (χ0v) is 18.3. The van der Waals surface area contributed by atoms with Gasteiger partial charge in [-0.2, -0.15) is 4.31 Å². The van der Waals surface area contributed by atoms with Gasteiger partial charge in [0.2, 0.25) is 15.9 Å². The van der Waals surface area contributed by atoms with Crippen LogP contribution in [-0.4, -0.2) is 31.7 Å². The number of carbonyl (C=O) groups is 1. The Bertz CT molecular complexity index is 953. The van der Waals surface area contributed by atoms with Crippen molar-refractivity contribution in [3.05, 3.63) is 65.2 Å². The van der Waals surface area contributed by atoms with E-state index in [1.807, 2.05) is 57.2 Å². The summed E-state index contributed by atoms with van der Waals surface area (Å²) in [5, 5.41) is 3.00. The molecule has 6 heteroatoms. The van der Waals surface area contributed by atoms with Crippen LogP contribution in [0.5, 0.6) is 0 Å². The first-order valence-corrected chi connectivity index (χ1v) is 11.6. The molecule has 0 aliphatic carbocycles. The van der Waals surface area contributed by atoms with Gasteiger partial charge in [-0.1, -0.05) is 48.9 Å². The van der Waals surface area contributed by atoms with E-state index in [9.17, 15) is 13.2 Å². The second-order valence-electron chi connectivity index (χ2n) is 8.17. The van der Waals surface area contributed by atoms with E-state index >= 15 is 0 Å². The highest BCUT2D eigenvalue weighted by Gasteiger charge is 2.41. The van der Waals surface area contributed by atoms with Crippen molar-refractivity contribution < 1.29 is 13.2 Å². The van der Waals surface area contributed by atoms with Crippen LogP contribution in [0.15, 0.2) is 53.4 Å². The third-order valence-electron chi connectivity index (χ3n) is 5.75. The molecule has 0 saturated carbocycles. The molecule has 0 spiro atoms. The molecule has 2 aromatic rings. The minimum absolute atomic E-state index is 0.0979. The van der Waals surface area contributed by atoms with Gasteiger partial charge in [-0.3, -0.25) is 4.79 Å². The van der Waals surface area contributed by atoms with Gasteiger partial charge in [0.1, 0.15) is 0 Å². The lowest BCUT2D eigenvalue weighted by atomic mass is 9.82. The van der Waals surface area contributed by atoms with Gasteiger partial charge in [-0.15, -0.1) is 0 Å². The second-order valence-corrected chi connectivity index (χ2v) is 10.1. The van der Waals surface area contributed by atoms with Crippen LogP contribution in [-0.2, 0) is 27.8 Å². The van der Waals surface area contributed by atoms with Crippen molar-refractivity contribution >= 4 is 15.9 Å². The molecule has 0 unspecified atom stereocenters. The van der Waals surface area contributed by atoms with Gasteiger partial charge in [-0.05, 0) is 56.4 Å². The van der Waals surface area contributed by atoms with Crippen LogP contribution in [0.2, 0.25) is 0 Å². The van der Waals surface area contributed by atoms with Crippen LogP contribution in [0.3, 0.4) is 0 Å². The maximum Gasteiger partial charge on any atom is 0.243 e. The Labute approximate surface area is 174 Å². The summed E-state index contributed by atoms with van der Waals surface area (Å²) in [5.74, 6) is -0.0979. The Morgan fingerprint density at radius 1 is 1.07 bits per heavy atom. The zero-order chi connectivity index (χ0) is 21.1. The van der Waals surface area contributed by atoms with Crippen LogP contribution in [0.4, 0.5) is 0 Å². The molecule has 1 aliphatic heterocycles. The molecule has 1 heterocycles. The number of nitrogens with one attached hydrogen (secondary N) is 1. The summed E-state index contributed by atoms with van der Waals surface area (Å²) in [5.41, 5.74) is 2.57. The fourth-order valence-corrected chi connectivity index (χ4v) is 5.33. The molecule has 1 N–H and O–H groups in total. The van der Waals surface area contributed by atoms with Gasteiger partial charge in [-0.25, -0.2) is 8.42 Å². The summed E-state index contributed by atoms with van der Waals surface area (Å²) in [6.45, 7) is 7.01.